The van der Waals surface area contributed by atoms with Gasteiger partial charge in [0.2, 0.25) is 0 Å². The zero-order valence-corrected chi connectivity index (χ0v) is 17.4. The second-order valence-corrected chi connectivity index (χ2v) is 8.76. The predicted octanol–water partition coefficient (Wildman–Crippen LogP) is 4.60. The number of aromatic amines is 1. The van der Waals surface area contributed by atoms with Crippen LogP contribution in [0.2, 0.25) is 0 Å². The van der Waals surface area contributed by atoms with Crippen molar-refractivity contribution >= 4 is 39.3 Å². The monoisotopic (exact) mass is 445 g/mol. The Morgan fingerprint density at radius 2 is 2.15 bits per heavy atom. The molecule has 1 atom stereocenters. The van der Waals surface area contributed by atoms with Crippen molar-refractivity contribution in [1.82, 2.24) is 9.97 Å². The summed E-state index contributed by atoms with van der Waals surface area (Å²) >= 11 is 5.05. The zero-order chi connectivity index (χ0) is 19.0. The molecule has 2 heterocycles. The van der Waals surface area contributed by atoms with Crippen molar-refractivity contribution < 1.29 is 4.79 Å². The summed E-state index contributed by atoms with van der Waals surface area (Å²) in [5, 5.41) is 3.92. The number of hydrogen-bond acceptors (Lipinski definition) is 5. The van der Waals surface area contributed by atoms with Crippen LogP contribution in [0.4, 0.5) is 5.82 Å². The Hall–Kier alpha value is -1.86. The standard InChI is InChI=1S/C20H20BrN3O2S/c1-2-9-27-20-23-18-17(19(26)24-20)15(11-5-3-6-12(21)10-11)16-13(22-18)7-4-8-14(16)25/h3,5-6,10,15H,2,4,7-9H2,1H3,(H2,22,23,24,26). The Kier molecular flexibility index (Phi) is 5.23. The lowest BCUT2D eigenvalue weighted by Gasteiger charge is -2.32. The quantitative estimate of drug-likeness (QED) is 0.531. The van der Waals surface area contributed by atoms with Gasteiger partial charge in [-0.25, -0.2) is 4.98 Å². The zero-order valence-electron chi connectivity index (χ0n) is 15.0. The van der Waals surface area contributed by atoms with Crippen LogP contribution in [-0.4, -0.2) is 21.5 Å². The number of H-pyrrole nitrogens is 1. The average molecular weight is 446 g/mol. The Morgan fingerprint density at radius 3 is 2.93 bits per heavy atom. The van der Waals surface area contributed by atoms with Crippen molar-refractivity contribution in [2.24, 2.45) is 0 Å². The minimum Gasteiger partial charge on any atom is -0.343 e. The van der Waals surface area contributed by atoms with E-state index in [0.717, 1.165) is 40.7 Å². The topological polar surface area (TPSA) is 74.8 Å². The fourth-order valence-electron chi connectivity index (χ4n) is 3.73. The summed E-state index contributed by atoms with van der Waals surface area (Å²) in [4.78, 5) is 33.4. The number of thioether (sulfide) groups is 1. The molecule has 0 bridgehead atoms. The fraction of sp³-hybridized carbons (Fsp3) is 0.350. The SMILES string of the molecule is CCCSc1nc2c(c(=O)[nH]1)C(c1cccc(Br)c1)C1=C(CCCC1=O)N2. The summed E-state index contributed by atoms with van der Waals surface area (Å²) in [6.45, 7) is 2.09. The van der Waals surface area contributed by atoms with Gasteiger partial charge in [0, 0.05) is 33.8 Å². The highest BCUT2D eigenvalue weighted by atomic mass is 79.9. The van der Waals surface area contributed by atoms with Crippen LogP contribution < -0.4 is 10.9 Å². The van der Waals surface area contributed by atoms with Crippen LogP contribution in [0.5, 0.6) is 0 Å². The highest BCUT2D eigenvalue weighted by molar-refractivity contribution is 9.10. The van der Waals surface area contributed by atoms with E-state index in [2.05, 4.69) is 38.1 Å². The summed E-state index contributed by atoms with van der Waals surface area (Å²) in [6.07, 6.45) is 3.16. The highest BCUT2D eigenvalue weighted by Crippen LogP contribution is 2.43. The molecule has 0 saturated carbocycles. The van der Waals surface area contributed by atoms with Gasteiger partial charge in [0.15, 0.2) is 10.9 Å². The first kappa shape index (κ1) is 18.5. The summed E-state index contributed by atoms with van der Waals surface area (Å²) in [6, 6.07) is 7.82. The molecule has 0 fully saturated rings. The number of nitrogens with zero attached hydrogens (tertiary/aromatic N) is 1. The number of carbonyl (C=O) groups is 1. The number of anilines is 1. The first-order valence-corrected chi connectivity index (χ1v) is 10.9. The van der Waals surface area contributed by atoms with Crippen molar-refractivity contribution in [3.05, 3.63) is 61.5 Å². The van der Waals surface area contributed by atoms with Crippen molar-refractivity contribution in [2.75, 3.05) is 11.1 Å². The number of aromatic nitrogens is 2. The number of carbonyl (C=O) groups excluding carboxylic acids is 1. The lowest BCUT2D eigenvalue weighted by molar-refractivity contribution is -0.116. The van der Waals surface area contributed by atoms with E-state index in [1.807, 2.05) is 24.3 Å². The number of allylic oxidation sites excluding steroid dienone is 2. The van der Waals surface area contributed by atoms with Crippen molar-refractivity contribution in [2.45, 2.75) is 43.7 Å². The van der Waals surface area contributed by atoms with Crippen LogP contribution >= 0.6 is 27.7 Å². The molecule has 1 aliphatic heterocycles. The number of nitrogens with one attached hydrogen (secondary N) is 2. The Bertz CT molecular complexity index is 999. The number of fused-ring (bicyclic) bond motifs is 1. The van der Waals surface area contributed by atoms with E-state index in [0.29, 0.717) is 28.5 Å². The van der Waals surface area contributed by atoms with Gasteiger partial charge in [-0.1, -0.05) is 46.7 Å². The van der Waals surface area contributed by atoms with E-state index in [-0.39, 0.29) is 17.3 Å². The maximum absolute atomic E-state index is 13.0. The molecule has 2 aliphatic rings. The molecule has 0 radical (unpaired) electrons. The van der Waals surface area contributed by atoms with Gasteiger partial charge in [-0.05, 0) is 37.0 Å². The fourth-order valence-corrected chi connectivity index (χ4v) is 4.86. The molecule has 7 heteroatoms. The number of hydrogen-bond donors (Lipinski definition) is 2. The summed E-state index contributed by atoms with van der Waals surface area (Å²) in [7, 11) is 0. The van der Waals surface area contributed by atoms with E-state index < -0.39 is 0 Å². The first-order chi connectivity index (χ1) is 13.1. The second kappa shape index (κ2) is 7.64. The normalized spacial score (nSPS) is 18.7. The molecular formula is C20H20BrN3O2S. The first-order valence-electron chi connectivity index (χ1n) is 9.14. The van der Waals surface area contributed by atoms with Gasteiger partial charge in [-0.3, -0.25) is 9.59 Å². The molecule has 1 aromatic carbocycles. The maximum Gasteiger partial charge on any atom is 0.257 e. The van der Waals surface area contributed by atoms with E-state index in [4.69, 9.17) is 0 Å². The number of Topliss-reactive ketones (excluding diaryl/α,β-unsaturated/α-hetero) is 1. The van der Waals surface area contributed by atoms with Crippen LogP contribution in [0.1, 0.15) is 49.7 Å². The molecule has 0 amide bonds. The van der Waals surface area contributed by atoms with Crippen molar-refractivity contribution in [1.29, 1.82) is 0 Å². The molecule has 0 spiro atoms. The van der Waals surface area contributed by atoms with Crippen LogP contribution in [-0.2, 0) is 4.79 Å². The van der Waals surface area contributed by atoms with Crippen LogP contribution in [0, 0.1) is 0 Å². The number of ketones is 1. The smallest absolute Gasteiger partial charge is 0.257 e. The molecule has 2 N–H and O–H groups in total. The van der Waals surface area contributed by atoms with Gasteiger partial charge in [0.05, 0.1) is 5.56 Å². The van der Waals surface area contributed by atoms with Crippen LogP contribution in [0.3, 0.4) is 0 Å². The van der Waals surface area contributed by atoms with E-state index in [1.54, 1.807) is 0 Å². The van der Waals surface area contributed by atoms with E-state index in [9.17, 15) is 9.59 Å². The van der Waals surface area contributed by atoms with E-state index >= 15 is 0 Å². The molecule has 27 heavy (non-hydrogen) atoms. The van der Waals surface area contributed by atoms with Crippen LogP contribution in [0.25, 0.3) is 0 Å². The summed E-state index contributed by atoms with van der Waals surface area (Å²) in [5.41, 5.74) is 2.90. The molecule has 140 valence electrons. The number of benzene rings is 1. The lowest BCUT2D eigenvalue weighted by atomic mass is 9.76. The van der Waals surface area contributed by atoms with Gasteiger partial charge in [0.25, 0.3) is 5.56 Å². The Morgan fingerprint density at radius 1 is 1.30 bits per heavy atom. The third-order valence-corrected chi connectivity index (χ3v) is 6.43. The summed E-state index contributed by atoms with van der Waals surface area (Å²) in [5.74, 6) is 1.20. The number of halogens is 1. The predicted molar refractivity (Wildman–Crippen MR) is 111 cm³/mol. The summed E-state index contributed by atoms with van der Waals surface area (Å²) < 4.78 is 0.921. The van der Waals surface area contributed by atoms with Gasteiger partial charge < -0.3 is 10.3 Å². The Balaban J connectivity index is 1.91. The molecule has 1 aromatic heterocycles. The van der Waals surface area contributed by atoms with Crippen molar-refractivity contribution in [3.8, 4) is 0 Å². The van der Waals surface area contributed by atoms with Gasteiger partial charge in [-0.2, -0.15) is 0 Å². The molecule has 2 aromatic rings. The van der Waals surface area contributed by atoms with Crippen molar-refractivity contribution in [3.63, 3.8) is 0 Å². The second-order valence-electron chi connectivity index (χ2n) is 6.76. The third kappa shape index (κ3) is 3.50. The molecule has 4 rings (SSSR count). The van der Waals surface area contributed by atoms with E-state index in [1.165, 1.54) is 11.8 Å². The van der Waals surface area contributed by atoms with Crippen LogP contribution in [0.15, 0.2) is 50.0 Å². The lowest BCUT2D eigenvalue weighted by Crippen LogP contribution is -2.32. The average Bonchev–Trinajstić information content (AvgIpc) is 2.65. The third-order valence-electron chi connectivity index (χ3n) is 4.86. The largest absolute Gasteiger partial charge is 0.343 e. The molecule has 1 unspecified atom stereocenters. The number of rotatable bonds is 4. The minimum atomic E-state index is -0.386. The highest BCUT2D eigenvalue weighted by Gasteiger charge is 2.37. The molecular weight excluding hydrogens is 426 g/mol. The molecule has 5 nitrogen and oxygen atoms in total. The maximum atomic E-state index is 13.0. The molecule has 1 aliphatic carbocycles. The molecule has 0 saturated heterocycles. The van der Waals surface area contributed by atoms with Gasteiger partial charge >= 0.3 is 0 Å². The van der Waals surface area contributed by atoms with Gasteiger partial charge in [-0.15, -0.1) is 0 Å². The Labute approximate surface area is 170 Å². The minimum absolute atomic E-state index is 0.114. The van der Waals surface area contributed by atoms with Gasteiger partial charge in [0.1, 0.15) is 5.82 Å².